The normalized spacial score (nSPS) is 10.5. The fraction of sp³-hybridized carbons (Fsp3) is 0.133. The number of halogens is 2. The van der Waals surface area contributed by atoms with Crippen molar-refractivity contribution >= 4 is 21.8 Å². The summed E-state index contributed by atoms with van der Waals surface area (Å²) in [6.45, 7) is 1.10. The fourth-order valence-corrected chi connectivity index (χ4v) is 2.24. The zero-order valence-corrected chi connectivity index (χ0v) is 12.3. The Morgan fingerprint density at radius 2 is 2.00 bits per heavy atom. The Morgan fingerprint density at radius 3 is 2.75 bits per heavy atom. The zero-order chi connectivity index (χ0) is 14.5. The van der Waals surface area contributed by atoms with Crippen LogP contribution >= 0.6 is 15.9 Å². The van der Waals surface area contributed by atoms with Crippen molar-refractivity contribution in [1.29, 1.82) is 0 Å². The van der Waals surface area contributed by atoms with E-state index in [1.165, 1.54) is 12.1 Å². The second-order valence-corrected chi connectivity index (χ2v) is 5.26. The number of hydrogen-bond acceptors (Lipinski definition) is 2. The van der Waals surface area contributed by atoms with Crippen LogP contribution in [0.15, 0.2) is 46.9 Å². The van der Waals surface area contributed by atoms with Gasteiger partial charge in [0.2, 0.25) is 5.91 Å². The average molecular weight is 337 g/mol. The number of carbonyl (C=O) groups excluding carboxylic acids is 1. The molecular formula is C15H14BrFN2O. The van der Waals surface area contributed by atoms with E-state index in [2.05, 4.69) is 21.2 Å². The van der Waals surface area contributed by atoms with Crippen molar-refractivity contribution in [2.45, 2.75) is 13.1 Å². The molecule has 0 spiro atoms. The van der Waals surface area contributed by atoms with Crippen molar-refractivity contribution in [2.24, 2.45) is 5.73 Å². The van der Waals surface area contributed by atoms with Gasteiger partial charge in [-0.05, 0) is 41.5 Å². The van der Waals surface area contributed by atoms with Crippen LogP contribution in [0.25, 0.3) is 0 Å². The van der Waals surface area contributed by atoms with E-state index in [1.54, 1.807) is 24.3 Å². The fourth-order valence-electron chi connectivity index (χ4n) is 1.85. The molecule has 0 aliphatic carbocycles. The maximum Gasteiger partial charge on any atom is 0.248 e. The van der Waals surface area contributed by atoms with Gasteiger partial charge in [0.1, 0.15) is 5.82 Å². The number of amides is 1. The molecule has 0 saturated heterocycles. The molecule has 5 heteroatoms. The van der Waals surface area contributed by atoms with E-state index in [4.69, 9.17) is 5.73 Å². The number of nitrogens with one attached hydrogen (secondary N) is 1. The van der Waals surface area contributed by atoms with Crippen LogP contribution in [0.1, 0.15) is 21.5 Å². The molecule has 0 atom stereocenters. The van der Waals surface area contributed by atoms with Crippen LogP contribution in [0.3, 0.4) is 0 Å². The van der Waals surface area contributed by atoms with Crippen molar-refractivity contribution < 1.29 is 9.18 Å². The third-order valence-electron chi connectivity index (χ3n) is 2.86. The summed E-state index contributed by atoms with van der Waals surface area (Å²) in [5, 5.41) is 3.20. The first-order valence-corrected chi connectivity index (χ1v) is 6.89. The Hall–Kier alpha value is -1.72. The molecule has 104 valence electrons. The van der Waals surface area contributed by atoms with Gasteiger partial charge in [0.05, 0.1) is 0 Å². The van der Waals surface area contributed by atoms with Gasteiger partial charge in [0, 0.05) is 23.1 Å². The molecule has 3 N–H and O–H groups in total. The molecule has 2 rings (SSSR count). The van der Waals surface area contributed by atoms with Gasteiger partial charge in [-0.1, -0.05) is 28.1 Å². The average Bonchev–Trinajstić information content (AvgIpc) is 2.43. The third kappa shape index (κ3) is 3.88. The van der Waals surface area contributed by atoms with Crippen LogP contribution in [0.2, 0.25) is 0 Å². The van der Waals surface area contributed by atoms with Gasteiger partial charge in [-0.3, -0.25) is 4.79 Å². The Balaban J connectivity index is 1.97. The molecule has 2 aromatic rings. The molecule has 20 heavy (non-hydrogen) atoms. The summed E-state index contributed by atoms with van der Waals surface area (Å²) in [7, 11) is 0. The topological polar surface area (TPSA) is 55.1 Å². The highest BCUT2D eigenvalue weighted by atomic mass is 79.9. The van der Waals surface area contributed by atoms with Crippen LogP contribution in [0, 0.1) is 5.82 Å². The largest absolute Gasteiger partial charge is 0.366 e. The summed E-state index contributed by atoms with van der Waals surface area (Å²) in [5.74, 6) is -0.708. The molecule has 0 heterocycles. The van der Waals surface area contributed by atoms with Gasteiger partial charge in [0.25, 0.3) is 0 Å². The van der Waals surface area contributed by atoms with Gasteiger partial charge in [-0.2, -0.15) is 0 Å². The van der Waals surface area contributed by atoms with Crippen LogP contribution in [-0.2, 0) is 13.1 Å². The molecule has 0 aromatic heterocycles. The first-order valence-electron chi connectivity index (χ1n) is 6.09. The molecule has 0 unspecified atom stereocenters. The van der Waals surface area contributed by atoms with Crippen LogP contribution in [-0.4, -0.2) is 5.91 Å². The van der Waals surface area contributed by atoms with Crippen molar-refractivity contribution in [3.8, 4) is 0 Å². The van der Waals surface area contributed by atoms with Crippen molar-refractivity contribution in [3.05, 3.63) is 69.4 Å². The van der Waals surface area contributed by atoms with E-state index in [0.29, 0.717) is 18.7 Å². The second-order valence-electron chi connectivity index (χ2n) is 4.40. The van der Waals surface area contributed by atoms with Crippen LogP contribution in [0.4, 0.5) is 4.39 Å². The van der Waals surface area contributed by atoms with E-state index < -0.39 is 5.91 Å². The maximum atomic E-state index is 13.1. The number of rotatable bonds is 5. The molecular weight excluding hydrogens is 323 g/mol. The number of primary amides is 1. The molecule has 2 aromatic carbocycles. The van der Waals surface area contributed by atoms with Crippen molar-refractivity contribution in [3.63, 3.8) is 0 Å². The quantitative estimate of drug-likeness (QED) is 0.881. The van der Waals surface area contributed by atoms with E-state index >= 15 is 0 Å². The molecule has 0 bridgehead atoms. The second kappa shape index (κ2) is 6.63. The smallest absolute Gasteiger partial charge is 0.248 e. The third-order valence-corrected chi connectivity index (χ3v) is 3.64. The predicted molar refractivity (Wildman–Crippen MR) is 79.6 cm³/mol. The molecule has 0 radical (unpaired) electrons. The van der Waals surface area contributed by atoms with Gasteiger partial charge < -0.3 is 11.1 Å². The minimum absolute atomic E-state index is 0.263. The lowest BCUT2D eigenvalue weighted by Crippen LogP contribution is -2.15. The SMILES string of the molecule is NC(=O)c1cccc(CNCc2cc(F)ccc2Br)c1. The Bertz CT molecular complexity index is 631. The van der Waals surface area contributed by atoms with Gasteiger partial charge in [0.15, 0.2) is 0 Å². The molecule has 0 fully saturated rings. The highest BCUT2D eigenvalue weighted by molar-refractivity contribution is 9.10. The molecule has 0 saturated carbocycles. The Labute approximate surface area is 125 Å². The molecule has 0 aliphatic rings. The van der Waals surface area contributed by atoms with Gasteiger partial charge in [-0.15, -0.1) is 0 Å². The maximum absolute atomic E-state index is 13.1. The number of hydrogen-bond donors (Lipinski definition) is 2. The highest BCUT2D eigenvalue weighted by Gasteiger charge is 2.03. The first kappa shape index (κ1) is 14.7. The van der Waals surface area contributed by atoms with Gasteiger partial charge in [-0.25, -0.2) is 4.39 Å². The molecule has 3 nitrogen and oxygen atoms in total. The van der Waals surface area contributed by atoms with E-state index in [9.17, 15) is 9.18 Å². The minimum atomic E-state index is -0.445. The summed E-state index contributed by atoms with van der Waals surface area (Å²) in [5.41, 5.74) is 7.51. The van der Waals surface area contributed by atoms with Crippen LogP contribution in [0.5, 0.6) is 0 Å². The number of benzene rings is 2. The summed E-state index contributed by atoms with van der Waals surface area (Å²) >= 11 is 3.38. The predicted octanol–water partition coefficient (Wildman–Crippen LogP) is 2.98. The Morgan fingerprint density at radius 1 is 1.20 bits per heavy atom. The minimum Gasteiger partial charge on any atom is -0.366 e. The molecule has 1 amide bonds. The zero-order valence-electron chi connectivity index (χ0n) is 10.7. The lowest BCUT2D eigenvalue weighted by atomic mass is 10.1. The highest BCUT2D eigenvalue weighted by Crippen LogP contribution is 2.17. The lowest BCUT2D eigenvalue weighted by Gasteiger charge is -2.08. The van der Waals surface area contributed by atoms with Crippen LogP contribution < -0.4 is 11.1 Å². The molecule has 0 aliphatic heterocycles. The summed E-state index contributed by atoms with van der Waals surface area (Å²) in [4.78, 5) is 11.1. The summed E-state index contributed by atoms with van der Waals surface area (Å²) in [6.07, 6.45) is 0. The number of nitrogens with two attached hydrogens (primary N) is 1. The monoisotopic (exact) mass is 336 g/mol. The lowest BCUT2D eigenvalue weighted by molar-refractivity contribution is 0.1000. The Kier molecular flexibility index (Phi) is 4.87. The summed E-state index contributed by atoms with van der Waals surface area (Å²) in [6, 6.07) is 11.7. The van der Waals surface area contributed by atoms with E-state index in [0.717, 1.165) is 15.6 Å². The number of carbonyl (C=O) groups is 1. The van der Waals surface area contributed by atoms with Gasteiger partial charge >= 0.3 is 0 Å². The van der Waals surface area contributed by atoms with E-state index in [-0.39, 0.29) is 5.82 Å². The standard InChI is InChI=1S/C15H14BrFN2O/c16-14-5-4-13(17)7-12(14)9-19-8-10-2-1-3-11(6-10)15(18)20/h1-7,19H,8-9H2,(H2,18,20). The van der Waals surface area contributed by atoms with E-state index in [1.807, 2.05) is 6.07 Å². The van der Waals surface area contributed by atoms with Crippen molar-refractivity contribution in [1.82, 2.24) is 5.32 Å². The van der Waals surface area contributed by atoms with Crippen molar-refractivity contribution in [2.75, 3.05) is 0 Å². The first-order chi connectivity index (χ1) is 9.56. The summed E-state index contributed by atoms with van der Waals surface area (Å²) < 4.78 is 14.0.